The van der Waals surface area contributed by atoms with Crippen LogP contribution in [0.15, 0.2) is 45.3 Å². The predicted molar refractivity (Wildman–Crippen MR) is 223 cm³/mol. The van der Waals surface area contributed by atoms with Crippen molar-refractivity contribution in [1.82, 2.24) is 36.0 Å². The van der Waals surface area contributed by atoms with Gasteiger partial charge < -0.3 is 45.6 Å². The summed E-state index contributed by atoms with van der Waals surface area (Å²) in [6, 6.07) is 9.01. The van der Waals surface area contributed by atoms with Crippen LogP contribution in [0.5, 0.6) is 11.5 Å². The summed E-state index contributed by atoms with van der Waals surface area (Å²) >= 11 is 6.72. The number of rotatable bonds is 16. The minimum absolute atomic E-state index is 0.0146. The number of ether oxygens (including phenoxy) is 2. The zero-order valence-electron chi connectivity index (χ0n) is 33.3. The Balaban J connectivity index is 1.45. The van der Waals surface area contributed by atoms with Gasteiger partial charge in [-0.2, -0.15) is 0 Å². The normalized spacial score (nSPS) is 16.7. The molecule has 0 spiro atoms. The van der Waals surface area contributed by atoms with Gasteiger partial charge in [-0.1, -0.05) is 12.1 Å². The average molecular weight is 910 g/mol. The van der Waals surface area contributed by atoms with E-state index >= 15 is 0 Å². The van der Waals surface area contributed by atoms with Gasteiger partial charge in [0, 0.05) is 51.7 Å². The number of phenolic OH excluding ortho intramolecular Hbond substituents is 1. The van der Waals surface area contributed by atoms with Crippen LogP contribution in [-0.4, -0.2) is 134 Å². The number of nitrogens with one attached hydrogen (secondary N) is 4. The third-order valence-electron chi connectivity index (χ3n) is 10.0. The molecule has 56 heavy (non-hydrogen) atoms. The van der Waals surface area contributed by atoms with Gasteiger partial charge in [0.25, 0.3) is 0 Å². The fourth-order valence-electron chi connectivity index (χ4n) is 6.93. The quantitative estimate of drug-likeness (QED) is 0.149. The van der Waals surface area contributed by atoms with Crippen LogP contribution < -0.4 is 26.0 Å². The van der Waals surface area contributed by atoms with Crippen molar-refractivity contribution in [3.8, 4) is 11.5 Å². The van der Waals surface area contributed by atoms with E-state index in [4.69, 9.17) is 9.47 Å². The molecule has 2 atom stereocenters. The Labute approximate surface area is 348 Å². The summed E-state index contributed by atoms with van der Waals surface area (Å²) in [5.41, 5.74) is 1.03. The molecule has 310 valence electrons. The Kier molecular flexibility index (Phi) is 17.6. The number of carbonyl (C=O) groups excluding carboxylic acids is 4. The highest BCUT2D eigenvalue weighted by Crippen LogP contribution is 2.33. The van der Waals surface area contributed by atoms with Gasteiger partial charge in [-0.25, -0.2) is 9.59 Å². The van der Waals surface area contributed by atoms with E-state index in [-0.39, 0.29) is 18.1 Å². The number of hydrogen-bond donors (Lipinski definition) is 5. The van der Waals surface area contributed by atoms with Crippen LogP contribution in [0.4, 0.5) is 9.59 Å². The highest BCUT2D eigenvalue weighted by Gasteiger charge is 2.33. The zero-order chi connectivity index (χ0) is 40.8. The zero-order valence-corrected chi connectivity index (χ0v) is 36.5. The number of unbranched alkanes of at least 4 members (excludes halogenated alkanes) is 1. The molecule has 2 aromatic carbocycles. The summed E-state index contributed by atoms with van der Waals surface area (Å²) in [4.78, 5) is 60.5. The lowest BCUT2D eigenvalue weighted by Crippen LogP contribution is -2.59. The number of urea groups is 1. The minimum Gasteiger partial charge on any atom is -0.506 e. The molecule has 2 heterocycles. The van der Waals surface area contributed by atoms with Gasteiger partial charge >= 0.3 is 12.1 Å². The maximum atomic E-state index is 14.2. The van der Waals surface area contributed by atoms with Crippen LogP contribution in [0.3, 0.4) is 0 Å². The number of nitrogens with zero attached hydrogens (tertiary/aromatic N) is 3. The average Bonchev–Trinajstić information content (AvgIpc) is 3.15. The number of hydrogen-bond acceptors (Lipinski definition) is 9. The second-order valence-corrected chi connectivity index (χ2v) is 17.3. The van der Waals surface area contributed by atoms with Gasteiger partial charge in [-0.3, -0.25) is 14.5 Å². The number of phenols is 1. The Hall–Kier alpha value is -3.60. The third kappa shape index (κ3) is 14.7. The number of alkyl carbamates (subject to hydrolysis) is 1. The first-order chi connectivity index (χ1) is 26.6. The predicted octanol–water partition coefficient (Wildman–Crippen LogP) is 4.80. The van der Waals surface area contributed by atoms with Crippen LogP contribution >= 0.6 is 31.9 Å². The topological polar surface area (TPSA) is 165 Å². The standard InChI is InChI=1S/C40H59Br2N7O7/c1-40(2,3)56-39(54)44-15-7-6-11-33(37(52)49-21-19-48(20-22-49)29-13-17-47(4)18-14-29)45-36(51)34(26-28-24-31(41)35(50)32(42)25-28)46-38(53)43-16-12-27-9-8-10-30(23-27)55-5/h8-10,23-25,29,33-34,50H,6-7,11-22,26H2,1-5H3,(H,44,54)(H,45,51)(H2,43,46,53)/t33-,34+/m0/s1. The van der Waals surface area contributed by atoms with Crippen molar-refractivity contribution in [1.29, 1.82) is 0 Å². The number of piperazine rings is 1. The number of piperidine rings is 1. The molecule has 2 fully saturated rings. The van der Waals surface area contributed by atoms with Crippen LogP contribution in [0, 0.1) is 0 Å². The molecule has 16 heteroatoms. The molecule has 2 saturated heterocycles. The van der Waals surface area contributed by atoms with Gasteiger partial charge in [-0.05, 0) is 147 Å². The fraction of sp³-hybridized carbons (Fsp3) is 0.600. The maximum absolute atomic E-state index is 14.2. The van der Waals surface area contributed by atoms with Gasteiger partial charge in [-0.15, -0.1) is 0 Å². The first-order valence-corrected chi connectivity index (χ1v) is 21.0. The lowest BCUT2D eigenvalue weighted by molar-refractivity contribution is -0.139. The van der Waals surface area contributed by atoms with Crippen molar-refractivity contribution >= 4 is 55.8 Å². The van der Waals surface area contributed by atoms with Crippen LogP contribution in [0.1, 0.15) is 64.0 Å². The molecule has 0 radical (unpaired) electrons. The Morgan fingerprint density at radius 1 is 0.875 bits per heavy atom. The SMILES string of the molecule is COc1cccc(CCNC(=O)N[C@H](Cc2cc(Br)c(O)c(Br)c2)C(=O)N[C@@H](CCCCNC(=O)OC(C)(C)C)C(=O)N2CCN(C3CCN(C)CC3)CC2)c1. The van der Waals surface area contributed by atoms with Gasteiger partial charge in [0.15, 0.2) is 0 Å². The molecule has 2 aliphatic heterocycles. The molecule has 0 aliphatic carbocycles. The molecular weight excluding hydrogens is 850 g/mol. The number of methoxy groups -OCH3 is 1. The van der Waals surface area contributed by atoms with Gasteiger partial charge in [0.1, 0.15) is 29.2 Å². The van der Waals surface area contributed by atoms with Crippen molar-refractivity contribution in [2.24, 2.45) is 0 Å². The maximum Gasteiger partial charge on any atom is 0.407 e. The van der Waals surface area contributed by atoms with Crippen molar-refractivity contribution in [2.45, 2.75) is 89.4 Å². The molecule has 2 aromatic rings. The molecular formula is C40H59Br2N7O7. The van der Waals surface area contributed by atoms with Crippen LogP contribution in [0.2, 0.25) is 0 Å². The molecule has 0 unspecified atom stereocenters. The van der Waals surface area contributed by atoms with E-state index in [0.717, 1.165) is 50.3 Å². The molecule has 0 aromatic heterocycles. The number of likely N-dealkylation sites (tertiary alicyclic amines) is 1. The van der Waals surface area contributed by atoms with E-state index in [1.807, 2.05) is 29.2 Å². The molecule has 0 saturated carbocycles. The lowest BCUT2D eigenvalue weighted by Gasteiger charge is -2.42. The van der Waals surface area contributed by atoms with Crippen LogP contribution in [-0.2, 0) is 27.2 Å². The first kappa shape index (κ1) is 45.1. The van der Waals surface area contributed by atoms with E-state index in [0.29, 0.717) is 72.4 Å². The van der Waals surface area contributed by atoms with E-state index in [1.165, 1.54) is 0 Å². The summed E-state index contributed by atoms with van der Waals surface area (Å²) in [6.07, 6.45) is 3.79. The summed E-state index contributed by atoms with van der Waals surface area (Å²) in [6.45, 7) is 10.8. The Bertz CT molecular complexity index is 1600. The fourth-order valence-corrected chi connectivity index (χ4v) is 8.22. The van der Waals surface area contributed by atoms with Gasteiger partial charge in [0.05, 0.1) is 16.1 Å². The highest BCUT2D eigenvalue weighted by molar-refractivity contribution is 9.11. The van der Waals surface area contributed by atoms with E-state index in [1.54, 1.807) is 40.0 Å². The summed E-state index contributed by atoms with van der Waals surface area (Å²) in [5, 5.41) is 21.7. The Morgan fingerprint density at radius 3 is 2.20 bits per heavy atom. The number of carbonyl (C=O) groups is 4. The third-order valence-corrected chi connectivity index (χ3v) is 11.2. The lowest BCUT2D eigenvalue weighted by atomic mass is 10.0. The number of aromatic hydroxyl groups is 1. The highest BCUT2D eigenvalue weighted by atomic mass is 79.9. The minimum atomic E-state index is -1.06. The molecule has 4 rings (SSSR count). The molecule has 5 N–H and O–H groups in total. The summed E-state index contributed by atoms with van der Waals surface area (Å²) < 4.78 is 11.5. The van der Waals surface area contributed by atoms with Crippen molar-refractivity contribution in [2.75, 3.05) is 66.5 Å². The van der Waals surface area contributed by atoms with E-state index in [9.17, 15) is 24.3 Å². The van der Waals surface area contributed by atoms with Crippen molar-refractivity contribution < 1.29 is 33.8 Å². The molecule has 14 nitrogen and oxygen atoms in total. The number of halogens is 2. The Morgan fingerprint density at radius 2 is 1.55 bits per heavy atom. The van der Waals surface area contributed by atoms with Crippen LogP contribution in [0.25, 0.3) is 0 Å². The summed E-state index contributed by atoms with van der Waals surface area (Å²) in [5.74, 6) is 0.0553. The summed E-state index contributed by atoms with van der Waals surface area (Å²) in [7, 11) is 3.74. The molecule has 2 aliphatic rings. The second-order valence-electron chi connectivity index (χ2n) is 15.5. The first-order valence-electron chi connectivity index (χ1n) is 19.4. The van der Waals surface area contributed by atoms with E-state index < -0.39 is 35.7 Å². The monoisotopic (exact) mass is 907 g/mol. The largest absolute Gasteiger partial charge is 0.506 e. The smallest absolute Gasteiger partial charge is 0.407 e. The van der Waals surface area contributed by atoms with Gasteiger partial charge in [0.2, 0.25) is 11.8 Å². The van der Waals surface area contributed by atoms with Crippen molar-refractivity contribution in [3.63, 3.8) is 0 Å². The molecule has 0 bridgehead atoms. The number of benzene rings is 2. The second kappa shape index (κ2) is 21.8. The number of amides is 5. The van der Waals surface area contributed by atoms with Crippen molar-refractivity contribution in [3.05, 3.63) is 56.5 Å². The molecule has 5 amide bonds. The van der Waals surface area contributed by atoms with E-state index in [2.05, 4.69) is 70.0 Å².